The highest BCUT2D eigenvalue weighted by Crippen LogP contribution is 2.37. The number of hydrogen-bond acceptors (Lipinski definition) is 5. The Bertz CT molecular complexity index is 2110. The van der Waals surface area contributed by atoms with E-state index in [1.54, 1.807) is 30.3 Å². The topological polar surface area (TPSA) is 96.8 Å². The number of hydrogen-bond donors (Lipinski definition) is 2. The van der Waals surface area contributed by atoms with E-state index in [1.165, 1.54) is 30.4 Å². The van der Waals surface area contributed by atoms with Crippen LogP contribution in [0.2, 0.25) is 0 Å². The molecule has 8 nitrogen and oxygen atoms in total. The van der Waals surface area contributed by atoms with Gasteiger partial charge in [-0.15, -0.1) is 23.4 Å². The van der Waals surface area contributed by atoms with E-state index in [0.717, 1.165) is 21.6 Å². The van der Waals surface area contributed by atoms with Crippen molar-refractivity contribution in [2.24, 2.45) is 0 Å². The average Bonchev–Trinajstić information content (AvgIpc) is 3.73. The van der Waals surface area contributed by atoms with Gasteiger partial charge in [0.05, 0.1) is 11.4 Å². The zero-order valence-electron chi connectivity index (χ0n) is 20.9. The fourth-order valence-electron chi connectivity index (χ4n) is 4.74. The minimum atomic E-state index is -5.08. The van der Waals surface area contributed by atoms with Gasteiger partial charge in [-0.05, 0) is 72.8 Å². The fraction of sp³-hybridized carbons (Fsp3) is 0.0714. The Morgan fingerprint density at radius 2 is 1.40 bits per heavy atom. The summed E-state index contributed by atoms with van der Waals surface area (Å²) in [4.78, 5) is 15.1. The molecule has 2 N–H and O–H groups in total. The number of aromatic nitrogens is 7. The highest BCUT2D eigenvalue weighted by atomic mass is 19.4. The van der Waals surface area contributed by atoms with Gasteiger partial charge in [-0.3, -0.25) is 4.40 Å². The molecule has 0 aromatic carbocycles. The van der Waals surface area contributed by atoms with E-state index in [9.17, 15) is 26.3 Å². The van der Waals surface area contributed by atoms with Crippen molar-refractivity contribution in [1.82, 2.24) is 34.5 Å². The maximum absolute atomic E-state index is 13.6. The quantitative estimate of drug-likeness (QED) is 0.214. The van der Waals surface area contributed by atoms with Crippen molar-refractivity contribution in [1.29, 1.82) is 0 Å². The van der Waals surface area contributed by atoms with E-state index >= 15 is 0 Å². The number of ether oxygens (including phenoxy) is 1. The fourth-order valence-corrected chi connectivity index (χ4v) is 4.74. The SMILES string of the molecule is FC(F)(F)Oc1c2nc(cc3ccc(cc4ccc(cc5nc1C=C5c1ccc5nnc(C(F)(F)F)n5c1)[nH]4)[nH]3)C=C2. The van der Waals surface area contributed by atoms with Crippen molar-refractivity contribution < 1.29 is 31.1 Å². The summed E-state index contributed by atoms with van der Waals surface area (Å²) in [7, 11) is 0. The van der Waals surface area contributed by atoms with E-state index in [1.807, 2.05) is 12.1 Å². The molecule has 8 bridgehead atoms. The summed E-state index contributed by atoms with van der Waals surface area (Å²) in [6.07, 6.45) is -4.49. The lowest BCUT2D eigenvalue weighted by atomic mass is 10.0. The first-order chi connectivity index (χ1) is 20.0. The third-order valence-corrected chi connectivity index (χ3v) is 6.48. The molecule has 5 aromatic heterocycles. The lowest BCUT2D eigenvalue weighted by molar-refractivity contribution is -0.274. The summed E-state index contributed by atoms with van der Waals surface area (Å²) in [5, 5.41) is 6.80. The molecular weight excluding hydrogens is 564 g/mol. The van der Waals surface area contributed by atoms with Gasteiger partial charge < -0.3 is 14.7 Å². The van der Waals surface area contributed by atoms with Crippen molar-refractivity contribution in [2.75, 3.05) is 0 Å². The number of fused-ring (bicyclic) bond motifs is 9. The van der Waals surface area contributed by atoms with E-state index in [4.69, 9.17) is 0 Å². The van der Waals surface area contributed by atoms with Gasteiger partial charge in [0.15, 0.2) is 11.4 Å². The molecule has 0 amide bonds. The molecule has 0 saturated heterocycles. The second-order valence-electron chi connectivity index (χ2n) is 9.41. The van der Waals surface area contributed by atoms with E-state index < -0.39 is 24.1 Å². The zero-order valence-corrected chi connectivity index (χ0v) is 20.9. The monoisotopic (exact) mass is 579 g/mol. The van der Waals surface area contributed by atoms with Crippen LogP contribution in [0.4, 0.5) is 26.3 Å². The first kappa shape index (κ1) is 25.6. The molecule has 210 valence electrons. The predicted octanol–water partition coefficient (Wildman–Crippen LogP) is 7.03. The van der Waals surface area contributed by atoms with Crippen molar-refractivity contribution in [3.63, 3.8) is 0 Å². The van der Waals surface area contributed by atoms with Crippen molar-refractivity contribution in [3.8, 4) is 5.75 Å². The van der Waals surface area contributed by atoms with E-state index in [0.29, 0.717) is 16.7 Å². The highest BCUT2D eigenvalue weighted by molar-refractivity contribution is 5.95. The van der Waals surface area contributed by atoms with Crippen molar-refractivity contribution in [3.05, 3.63) is 95.0 Å². The molecule has 0 radical (unpaired) electrons. The number of rotatable bonds is 2. The minimum absolute atomic E-state index is 0.0591. The van der Waals surface area contributed by atoms with Crippen LogP contribution in [0.5, 0.6) is 5.75 Å². The third kappa shape index (κ3) is 4.76. The molecule has 2 aliphatic heterocycles. The van der Waals surface area contributed by atoms with Crippen LogP contribution in [0.3, 0.4) is 0 Å². The molecule has 0 spiro atoms. The first-order valence-electron chi connectivity index (χ1n) is 12.3. The minimum Gasteiger partial charge on any atom is -0.401 e. The van der Waals surface area contributed by atoms with Crippen LogP contribution in [-0.4, -0.2) is 40.9 Å². The maximum Gasteiger partial charge on any atom is 0.573 e. The molecule has 0 fully saturated rings. The van der Waals surface area contributed by atoms with Crippen LogP contribution in [-0.2, 0) is 6.18 Å². The van der Waals surface area contributed by atoms with Crippen LogP contribution in [0.15, 0.2) is 60.8 Å². The highest BCUT2D eigenvalue weighted by Gasteiger charge is 2.37. The smallest absolute Gasteiger partial charge is 0.401 e. The van der Waals surface area contributed by atoms with Gasteiger partial charge >= 0.3 is 12.5 Å². The van der Waals surface area contributed by atoms with Crippen molar-refractivity contribution in [2.45, 2.75) is 12.5 Å². The molecule has 5 aromatic rings. The number of pyridine rings is 1. The Morgan fingerprint density at radius 3 is 2.10 bits per heavy atom. The zero-order chi connectivity index (χ0) is 29.2. The molecule has 0 aliphatic carbocycles. The summed E-state index contributed by atoms with van der Waals surface area (Å²) in [5.41, 5.74) is 3.31. The van der Waals surface area contributed by atoms with Crippen LogP contribution >= 0.6 is 0 Å². The Labute approximate surface area is 230 Å². The van der Waals surface area contributed by atoms with Gasteiger partial charge in [0.1, 0.15) is 11.4 Å². The second-order valence-corrected chi connectivity index (χ2v) is 9.41. The molecular formula is C28H15F6N7O. The van der Waals surface area contributed by atoms with E-state index in [2.05, 4.69) is 34.9 Å². The maximum atomic E-state index is 13.6. The Hall–Kier alpha value is -5.40. The Balaban J connectivity index is 1.53. The van der Waals surface area contributed by atoms with Gasteiger partial charge in [-0.1, -0.05) is 0 Å². The van der Waals surface area contributed by atoms with Crippen LogP contribution in [0.1, 0.15) is 34.2 Å². The molecule has 14 heteroatoms. The largest absolute Gasteiger partial charge is 0.573 e. The summed E-state index contributed by atoms with van der Waals surface area (Å²) in [6.45, 7) is 0. The van der Waals surface area contributed by atoms with Crippen LogP contribution < -0.4 is 4.74 Å². The normalized spacial score (nSPS) is 13.5. The van der Waals surface area contributed by atoms with Gasteiger partial charge in [-0.25, -0.2) is 9.97 Å². The number of H-pyrrole nitrogens is 2. The van der Waals surface area contributed by atoms with Gasteiger partial charge in [0.25, 0.3) is 0 Å². The molecule has 0 unspecified atom stereocenters. The predicted molar refractivity (Wildman–Crippen MR) is 142 cm³/mol. The summed E-state index contributed by atoms with van der Waals surface area (Å²) in [6, 6.07) is 15.1. The lowest BCUT2D eigenvalue weighted by Crippen LogP contribution is -2.18. The van der Waals surface area contributed by atoms with Crippen molar-refractivity contribution >= 4 is 51.5 Å². The number of alkyl halides is 6. The number of nitrogens with zero attached hydrogens (tertiary/aromatic N) is 5. The number of nitrogens with one attached hydrogen (secondary N) is 2. The summed E-state index contributed by atoms with van der Waals surface area (Å²) >= 11 is 0. The number of aromatic amines is 2. The van der Waals surface area contributed by atoms with E-state index in [-0.39, 0.29) is 33.9 Å². The molecule has 42 heavy (non-hydrogen) atoms. The van der Waals surface area contributed by atoms with Gasteiger partial charge in [-0.2, -0.15) is 13.2 Å². The molecule has 2 aliphatic rings. The molecule has 7 rings (SSSR count). The average molecular weight is 579 g/mol. The van der Waals surface area contributed by atoms with Crippen LogP contribution in [0.25, 0.3) is 51.5 Å². The van der Waals surface area contributed by atoms with Gasteiger partial charge in [0.2, 0.25) is 5.82 Å². The standard InChI is InChI=1S/C28H15F6N7O/c29-27(30,31)26-40-39-24-8-1-14(13-41(24)26)20-12-23-25(42-28(32,33)34)21-7-6-18(37-21)10-17-3-2-15(35-17)9-16-4-5-19(36-16)11-22(20)38-23/h1-13,35-36H. The second kappa shape index (κ2) is 9.06. The lowest BCUT2D eigenvalue weighted by Gasteiger charge is -2.10. The molecule has 0 saturated carbocycles. The molecule has 7 heterocycles. The summed E-state index contributed by atoms with van der Waals surface area (Å²) in [5.74, 6) is -1.91. The van der Waals surface area contributed by atoms with Gasteiger partial charge in [0, 0.05) is 39.4 Å². The van der Waals surface area contributed by atoms with Crippen LogP contribution in [0, 0.1) is 0 Å². The molecule has 0 atom stereocenters. The Kier molecular flexibility index (Phi) is 5.51. The Morgan fingerprint density at radius 1 is 0.714 bits per heavy atom. The number of halogens is 6. The first-order valence-corrected chi connectivity index (χ1v) is 12.3. The third-order valence-electron chi connectivity index (χ3n) is 6.48. The summed E-state index contributed by atoms with van der Waals surface area (Å²) < 4.78 is 86.7.